The number of aromatic nitrogens is 3. The van der Waals surface area contributed by atoms with Crippen molar-refractivity contribution in [3.63, 3.8) is 0 Å². The Labute approximate surface area is 176 Å². The molecule has 5 rings (SSSR count). The predicted octanol–water partition coefficient (Wildman–Crippen LogP) is 4.64. The molecule has 150 valence electrons. The van der Waals surface area contributed by atoms with Gasteiger partial charge < -0.3 is 4.90 Å². The predicted molar refractivity (Wildman–Crippen MR) is 120 cm³/mol. The molecular weight excluding hydrogens is 372 g/mol. The highest BCUT2D eigenvalue weighted by molar-refractivity contribution is 5.69. The van der Waals surface area contributed by atoms with E-state index in [-0.39, 0.29) is 5.43 Å². The van der Waals surface area contributed by atoms with Crippen molar-refractivity contribution >= 4 is 5.69 Å². The summed E-state index contributed by atoms with van der Waals surface area (Å²) in [7, 11) is 0. The molecule has 1 aliphatic carbocycles. The monoisotopic (exact) mass is 396 g/mol. The minimum absolute atomic E-state index is 0.0253. The van der Waals surface area contributed by atoms with Crippen molar-refractivity contribution in [3.05, 3.63) is 83.0 Å². The van der Waals surface area contributed by atoms with Gasteiger partial charge in [0.25, 0.3) is 0 Å². The van der Waals surface area contributed by atoms with Gasteiger partial charge in [0.05, 0.1) is 22.8 Å². The van der Waals surface area contributed by atoms with E-state index in [1.165, 1.54) is 6.42 Å². The lowest BCUT2D eigenvalue weighted by Gasteiger charge is -2.32. The van der Waals surface area contributed by atoms with E-state index in [4.69, 9.17) is 10.1 Å². The molecule has 0 bridgehead atoms. The van der Waals surface area contributed by atoms with Crippen LogP contribution in [-0.2, 0) is 0 Å². The van der Waals surface area contributed by atoms with Gasteiger partial charge in [0, 0.05) is 24.7 Å². The van der Waals surface area contributed by atoms with Crippen LogP contribution in [0.2, 0.25) is 0 Å². The Morgan fingerprint density at radius 2 is 1.70 bits per heavy atom. The first-order chi connectivity index (χ1) is 14.7. The lowest BCUT2D eigenvalue weighted by atomic mass is 9.99. The highest BCUT2D eigenvalue weighted by atomic mass is 16.1. The molecule has 5 heteroatoms. The number of hydrogen-bond donors (Lipinski definition) is 0. The average molecular weight is 396 g/mol. The molecule has 3 aliphatic rings. The third kappa shape index (κ3) is 3.47. The summed E-state index contributed by atoms with van der Waals surface area (Å²) >= 11 is 0. The second-order valence-electron chi connectivity index (χ2n) is 8.05. The molecule has 2 aromatic rings. The summed E-state index contributed by atoms with van der Waals surface area (Å²) in [4.78, 5) is 20.1. The molecule has 0 radical (unpaired) electrons. The van der Waals surface area contributed by atoms with Crippen LogP contribution < -0.4 is 10.3 Å². The molecule has 5 nitrogen and oxygen atoms in total. The highest BCUT2D eigenvalue weighted by Gasteiger charge is 2.22. The van der Waals surface area contributed by atoms with Crippen LogP contribution in [0, 0.1) is 5.92 Å². The molecule has 30 heavy (non-hydrogen) atoms. The van der Waals surface area contributed by atoms with E-state index in [1.54, 1.807) is 6.07 Å². The van der Waals surface area contributed by atoms with Gasteiger partial charge >= 0.3 is 0 Å². The SMILES string of the molecule is CC1CCCN(c2cc3nc(-c4ccccc4)nn(-c4ccccc4)c-3cc2=O)C1. The topological polar surface area (TPSA) is 51.0 Å². The fourth-order valence-electron chi connectivity index (χ4n) is 4.22. The van der Waals surface area contributed by atoms with Crippen LogP contribution in [-0.4, -0.2) is 27.9 Å². The van der Waals surface area contributed by atoms with E-state index in [0.717, 1.165) is 47.8 Å². The van der Waals surface area contributed by atoms with Gasteiger partial charge in [-0.1, -0.05) is 55.5 Å². The van der Waals surface area contributed by atoms with Crippen LogP contribution in [0.5, 0.6) is 0 Å². The van der Waals surface area contributed by atoms with Crippen LogP contribution in [0.3, 0.4) is 0 Å². The van der Waals surface area contributed by atoms with Crippen LogP contribution in [0.4, 0.5) is 5.69 Å². The Bertz CT molecular complexity index is 1190. The number of hydrogen-bond acceptors (Lipinski definition) is 4. The molecule has 2 aromatic carbocycles. The lowest BCUT2D eigenvalue weighted by molar-refractivity contribution is 0.446. The minimum atomic E-state index is 0.0253. The number of fused-ring (bicyclic) bond motifs is 1. The maximum Gasteiger partial charge on any atom is 0.204 e. The van der Waals surface area contributed by atoms with Crippen LogP contribution in [0.25, 0.3) is 28.5 Å². The molecule has 1 fully saturated rings. The van der Waals surface area contributed by atoms with Crippen LogP contribution >= 0.6 is 0 Å². The standard InChI is InChI=1S/C25H24N4O/c1-18-9-8-14-28(17-18)23-15-21-22(16-24(23)30)29(20-12-6-3-7-13-20)27-25(26-21)19-10-4-2-5-11-19/h2-7,10-13,15-16,18H,8-9,14,17H2,1H3. The van der Waals surface area contributed by atoms with E-state index in [9.17, 15) is 4.79 Å². The molecule has 2 aliphatic heterocycles. The van der Waals surface area contributed by atoms with E-state index in [0.29, 0.717) is 11.7 Å². The highest BCUT2D eigenvalue weighted by Crippen LogP contribution is 2.29. The van der Waals surface area contributed by atoms with Crippen molar-refractivity contribution in [2.45, 2.75) is 19.8 Å². The average Bonchev–Trinajstić information content (AvgIpc) is 2.79. The smallest absolute Gasteiger partial charge is 0.204 e. The molecule has 0 saturated carbocycles. The summed E-state index contributed by atoms with van der Waals surface area (Å²) in [5.74, 6) is 1.23. The zero-order valence-corrected chi connectivity index (χ0v) is 17.0. The zero-order valence-electron chi connectivity index (χ0n) is 17.0. The first-order valence-electron chi connectivity index (χ1n) is 10.5. The summed E-state index contributed by atoms with van der Waals surface area (Å²) < 4.78 is 1.83. The molecule has 1 saturated heterocycles. The van der Waals surface area contributed by atoms with Crippen LogP contribution in [0.15, 0.2) is 77.6 Å². The van der Waals surface area contributed by atoms with Gasteiger partial charge in [-0.15, -0.1) is 5.10 Å². The molecule has 0 amide bonds. The van der Waals surface area contributed by atoms with Crippen molar-refractivity contribution in [1.82, 2.24) is 14.8 Å². The second kappa shape index (κ2) is 7.75. The van der Waals surface area contributed by atoms with Crippen molar-refractivity contribution in [3.8, 4) is 28.5 Å². The van der Waals surface area contributed by atoms with E-state index < -0.39 is 0 Å². The molecular formula is C25H24N4O. The van der Waals surface area contributed by atoms with Crippen molar-refractivity contribution in [2.75, 3.05) is 18.0 Å². The number of nitrogens with zero attached hydrogens (tertiary/aromatic N) is 4. The van der Waals surface area contributed by atoms with E-state index in [2.05, 4.69) is 11.8 Å². The van der Waals surface area contributed by atoms with Gasteiger partial charge in [-0.25, -0.2) is 9.67 Å². The fraction of sp³-hybridized carbons (Fsp3) is 0.240. The quantitative estimate of drug-likeness (QED) is 0.506. The van der Waals surface area contributed by atoms with E-state index >= 15 is 0 Å². The summed E-state index contributed by atoms with van der Waals surface area (Å²) in [5.41, 5.74) is 4.12. The maximum absolute atomic E-state index is 13.1. The first kappa shape index (κ1) is 18.6. The third-order valence-corrected chi connectivity index (χ3v) is 5.74. The number of piperidine rings is 1. The third-order valence-electron chi connectivity index (χ3n) is 5.74. The van der Waals surface area contributed by atoms with Crippen molar-refractivity contribution < 1.29 is 0 Å². The Balaban J connectivity index is 1.72. The Morgan fingerprint density at radius 1 is 0.967 bits per heavy atom. The number of benzene rings is 3. The largest absolute Gasteiger partial charge is 0.368 e. The summed E-state index contributed by atoms with van der Waals surface area (Å²) in [6.45, 7) is 4.08. The van der Waals surface area contributed by atoms with Gasteiger partial charge in [0.2, 0.25) is 5.43 Å². The minimum Gasteiger partial charge on any atom is -0.368 e. The number of anilines is 1. The van der Waals surface area contributed by atoms with Crippen LogP contribution in [0.1, 0.15) is 19.8 Å². The molecule has 2 heterocycles. The summed E-state index contributed by atoms with van der Waals surface area (Å²) in [6.07, 6.45) is 2.33. The second-order valence-corrected chi connectivity index (χ2v) is 8.05. The van der Waals surface area contributed by atoms with Gasteiger partial charge in [0.1, 0.15) is 0 Å². The van der Waals surface area contributed by atoms with Gasteiger partial charge in [-0.2, -0.15) is 0 Å². The van der Waals surface area contributed by atoms with Crippen molar-refractivity contribution in [2.24, 2.45) is 5.92 Å². The zero-order chi connectivity index (χ0) is 20.5. The Kier molecular flexibility index (Phi) is 4.79. The molecule has 0 aromatic heterocycles. The summed E-state index contributed by atoms with van der Waals surface area (Å²) in [6, 6.07) is 23.5. The van der Waals surface area contributed by atoms with E-state index in [1.807, 2.05) is 71.4 Å². The first-order valence-corrected chi connectivity index (χ1v) is 10.5. The molecule has 0 spiro atoms. The number of rotatable bonds is 3. The maximum atomic E-state index is 13.1. The normalized spacial score (nSPS) is 16.7. The van der Waals surface area contributed by atoms with Gasteiger partial charge in [-0.3, -0.25) is 4.79 Å². The Morgan fingerprint density at radius 3 is 2.43 bits per heavy atom. The number of para-hydroxylation sites is 1. The van der Waals surface area contributed by atoms with Crippen molar-refractivity contribution in [1.29, 1.82) is 0 Å². The molecule has 1 atom stereocenters. The Hall–Kier alpha value is -3.47. The van der Waals surface area contributed by atoms with Gasteiger partial charge in [0.15, 0.2) is 5.82 Å². The molecule has 0 N–H and O–H groups in total. The lowest BCUT2D eigenvalue weighted by Crippen LogP contribution is -2.37. The summed E-state index contributed by atoms with van der Waals surface area (Å²) in [5, 5.41) is 4.79. The van der Waals surface area contributed by atoms with Gasteiger partial charge in [-0.05, 0) is 37.0 Å². The molecule has 1 unspecified atom stereocenters. The fourth-order valence-corrected chi connectivity index (χ4v) is 4.22.